The summed E-state index contributed by atoms with van der Waals surface area (Å²) in [5.74, 6) is -0.108. The third-order valence-electron chi connectivity index (χ3n) is 3.95. The number of nitrogens with zero attached hydrogens (tertiary/aromatic N) is 2. The Labute approximate surface area is 156 Å². The van der Waals surface area contributed by atoms with Crippen LogP contribution in [0.4, 0.5) is 5.69 Å². The van der Waals surface area contributed by atoms with Crippen molar-refractivity contribution in [2.24, 2.45) is 4.99 Å². The van der Waals surface area contributed by atoms with Gasteiger partial charge in [-0.2, -0.15) is 4.31 Å². The third kappa shape index (κ3) is 3.98. The van der Waals surface area contributed by atoms with E-state index in [9.17, 15) is 13.5 Å². The summed E-state index contributed by atoms with van der Waals surface area (Å²) in [5.41, 5.74) is 0.933. The van der Waals surface area contributed by atoms with E-state index in [1.165, 1.54) is 28.7 Å². The Morgan fingerprint density at radius 2 is 1.72 bits per heavy atom. The van der Waals surface area contributed by atoms with Gasteiger partial charge in [-0.05, 0) is 49.2 Å². The smallest absolute Gasteiger partial charge is 0.243 e. The van der Waals surface area contributed by atoms with Crippen molar-refractivity contribution in [1.29, 1.82) is 0 Å². The number of hydrogen-bond donors (Lipinski definition) is 1. The van der Waals surface area contributed by atoms with E-state index in [0.717, 1.165) is 12.8 Å². The molecule has 1 aliphatic heterocycles. The van der Waals surface area contributed by atoms with Crippen LogP contribution >= 0.6 is 23.2 Å². The van der Waals surface area contributed by atoms with Crippen LogP contribution < -0.4 is 0 Å². The average Bonchev–Trinajstić information content (AvgIpc) is 3.12. The normalized spacial score (nSPS) is 15.9. The SMILES string of the molecule is O=S(=O)(c1ccc(N=Cc2cc(Cl)cc(Cl)c2O)cc1)N1CCCC1. The number of benzene rings is 2. The molecule has 25 heavy (non-hydrogen) atoms. The highest BCUT2D eigenvalue weighted by atomic mass is 35.5. The average molecular weight is 399 g/mol. The van der Waals surface area contributed by atoms with Gasteiger partial charge in [-0.15, -0.1) is 0 Å². The lowest BCUT2D eigenvalue weighted by molar-refractivity contribution is 0.474. The van der Waals surface area contributed by atoms with Crippen molar-refractivity contribution in [3.63, 3.8) is 0 Å². The molecule has 0 unspecified atom stereocenters. The Bertz CT molecular complexity index is 906. The molecular weight excluding hydrogens is 383 g/mol. The molecular formula is C17H16Cl2N2O3S. The van der Waals surface area contributed by atoms with Gasteiger partial charge in [-0.25, -0.2) is 8.42 Å². The highest BCUT2D eigenvalue weighted by molar-refractivity contribution is 7.89. The Kier molecular flexibility index (Phi) is 5.34. The molecule has 0 aromatic heterocycles. The first kappa shape index (κ1) is 18.2. The van der Waals surface area contributed by atoms with Crippen LogP contribution in [0.3, 0.4) is 0 Å². The largest absolute Gasteiger partial charge is 0.506 e. The van der Waals surface area contributed by atoms with Gasteiger partial charge in [-0.3, -0.25) is 4.99 Å². The molecule has 0 aliphatic carbocycles. The van der Waals surface area contributed by atoms with E-state index in [0.29, 0.717) is 29.4 Å². The maximum absolute atomic E-state index is 12.5. The van der Waals surface area contributed by atoms with Gasteiger partial charge in [0, 0.05) is 29.9 Å². The first-order valence-corrected chi connectivity index (χ1v) is 9.90. The van der Waals surface area contributed by atoms with Crippen LogP contribution in [0.2, 0.25) is 10.0 Å². The summed E-state index contributed by atoms with van der Waals surface area (Å²) >= 11 is 11.8. The highest BCUT2D eigenvalue weighted by Gasteiger charge is 2.26. The first-order valence-electron chi connectivity index (χ1n) is 7.70. The quantitative estimate of drug-likeness (QED) is 0.783. The lowest BCUT2D eigenvalue weighted by Gasteiger charge is -2.15. The van der Waals surface area contributed by atoms with Crippen molar-refractivity contribution in [2.75, 3.05) is 13.1 Å². The predicted molar refractivity (Wildman–Crippen MR) is 99.8 cm³/mol. The van der Waals surface area contributed by atoms with Crippen molar-refractivity contribution < 1.29 is 13.5 Å². The van der Waals surface area contributed by atoms with Gasteiger partial charge in [0.15, 0.2) is 0 Å². The van der Waals surface area contributed by atoms with Crippen LogP contribution in [0.15, 0.2) is 46.3 Å². The Hall–Kier alpha value is -1.60. The molecule has 5 nitrogen and oxygen atoms in total. The fourth-order valence-corrected chi connectivity index (χ4v) is 4.64. The molecule has 8 heteroatoms. The van der Waals surface area contributed by atoms with Gasteiger partial charge in [0.25, 0.3) is 0 Å². The number of hydrogen-bond acceptors (Lipinski definition) is 4. The number of aliphatic imine (C=N–C) groups is 1. The number of sulfonamides is 1. The molecule has 2 aromatic rings. The van der Waals surface area contributed by atoms with Crippen molar-refractivity contribution >= 4 is 45.1 Å². The van der Waals surface area contributed by atoms with E-state index in [1.54, 1.807) is 18.2 Å². The van der Waals surface area contributed by atoms with E-state index < -0.39 is 10.0 Å². The second kappa shape index (κ2) is 7.33. The molecule has 1 aliphatic rings. The summed E-state index contributed by atoms with van der Waals surface area (Å²) < 4.78 is 26.4. The first-order chi connectivity index (χ1) is 11.9. The Morgan fingerprint density at radius 1 is 1.08 bits per heavy atom. The van der Waals surface area contributed by atoms with Gasteiger partial charge in [0.05, 0.1) is 15.6 Å². The Balaban J connectivity index is 1.81. The summed E-state index contributed by atoms with van der Waals surface area (Å²) in [6, 6.07) is 9.27. The summed E-state index contributed by atoms with van der Waals surface area (Å²) in [6.07, 6.45) is 3.22. The van der Waals surface area contributed by atoms with E-state index in [2.05, 4.69) is 4.99 Å². The molecule has 3 rings (SSSR count). The number of phenolic OH excluding ortho intramolecular Hbond substituents is 1. The van der Waals surface area contributed by atoms with E-state index in [4.69, 9.17) is 23.2 Å². The molecule has 1 N–H and O–H groups in total. The molecule has 0 amide bonds. The number of aromatic hydroxyl groups is 1. The zero-order valence-electron chi connectivity index (χ0n) is 13.2. The fraction of sp³-hybridized carbons (Fsp3) is 0.235. The van der Waals surface area contributed by atoms with E-state index in [1.807, 2.05) is 0 Å². The van der Waals surface area contributed by atoms with Crippen molar-refractivity contribution in [3.05, 3.63) is 52.0 Å². The number of phenols is 1. The summed E-state index contributed by atoms with van der Waals surface area (Å²) in [7, 11) is -3.43. The molecule has 1 saturated heterocycles. The Morgan fingerprint density at radius 3 is 2.36 bits per heavy atom. The van der Waals surface area contributed by atoms with E-state index in [-0.39, 0.29) is 15.7 Å². The zero-order chi connectivity index (χ0) is 18.0. The standard InChI is InChI=1S/C17H16Cl2N2O3S/c18-13-9-12(17(22)16(19)10-13)11-20-14-3-5-15(6-4-14)25(23,24)21-7-1-2-8-21/h3-6,9-11,22H,1-2,7-8H2. The monoisotopic (exact) mass is 398 g/mol. The summed E-state index contributed by atoms with van der Waals surface area (Å²) in [5, 5.41) is 10.4. The van der Waals surface area contributed by atoms with Crippen molar-refractivity contribution in [2.45, 2.75) is 17.7 Å². The zero-order valence-corrected chi connectivity index (χ0v) is 15.5. The van der Waals surface area contributed by atoms with Crippen LogP contribution in [0.1, 0.15) is 18.4 Å². The minimum atomic E-state index is -3.43. The lowest BCUT2D eigenvalue weighted by Crippen LogP contribution is -2.27. The molecule has 2 aromatic carbocycles. The second-order valence-electron chi connectivity index (χ2n) is 5.69. The van der Waals surface area contributed by atoms with Crippen LogP contribution in [0, 0.1) is 0 Å². The second-order valence-corrected chi connectivity index (χ2v) is 8.47. The number of rotatable bonds is 4. The maximum Gasteiger partial charge on any atom is 0.243 e. The molecule has 0 radical (unpaired) electrons. The molecule has 0 spiro atoms. The summed E-state index contributed by atoms with van der Waals surface area (Å²) in [6.45, 7) is 1.13. The fourth-order valence-electron chi connectivity index (χ4n) is 2.61. The topological polar surface area (TPSA) is 70.0 Å². The van der Waals surface area contributed by atoms with Crippen molar-refractivity contribution in [3.8, 4) is 5.75 Å². The van der Waals surface area contributed by atoms with Gasteiger partial charge in [0.2, 0.25) is 10.0 Å². The summed E-state index contributed by atoms with van der Waals surface area (Å²) in [4.78, 5) is 4.48. The van der Waals surface area contributed by atoms with Gasteiger partial charge < -0.3 is 5.11 Å². The maximum atomic E-state index is 12.5. The van der Waals surface area contributed by atoms with Gasteiger partial charge in [-0.1, -0.05) is 23.2 Å². The molecule has 0 bridgehead atoms. The van der Waals surface area contributed by atoms with Gasteiger partial charge >= 0.3 is 0 Å². The van der Waals surface area contributed by atoms with Crippen LogP contribution in [-0.2, 0) is 10.0 Å². The van der Waals surface area contributed by atoms with Crippen molar-refractivity contribution in [1.82, 2.24) is 4.31 Å². The molecule has 1 heterocycles. The lowest BCUT2D eigenvalue weighted by atomic mass is 10.2. The highest BCUT2D eigenvalue weighted by Crippen LogP contribution is 2.30. The minimum absolute atomic E-state index is 0.108. The molecule has 0 atom stereocenters. The van der Waals surface area contributed by atoms with Crippen LogP contribution in [0.25, 0.3) is 0 Å². The third-order valence-corrected chi connectivity index (χ3v) is 6.37. The predicted octanol–water partition coefficient (Wildman–Crippen LogP) is 4.23. The minimum Gasteiger partial charge on any atom is -0.506 e. The van der Waals surface area contributed by atoms with Gasteiger partial charge in [0.1, 0.15) is 5.75 Å². The molecule has 0 saturated carbocycles. The van der Waals surface area contributed by atoms with Crippen LogP contribution in [0.5, 0.6) is 5.75 Å². The number of halogens is 2. The molecule has 132 valence electrons. The van der Waals surface area contributed by atoms with Crippen LogP contribution in [-0.4, -0.2) is 37.1 Å². The molecule has 1 fully saturated rings. The van der Waals surface area contributed by atoms with E-state index >= 15 is 0 Å².